The third-order valence-corrected chi connectivity index (χ3v) is 3.39. The Bertz CT molecular complexity index is 571. The van der Waals surface area contributed by atoms with Crippen LogP contribution in [0.15, 0.2) is 30.3 Å². The smallest absolute Gasteiger partial charge is 0.232 e. The highest BCUT2D eigenvalue weighted by atomic mass is 15.2. The molecule has 1 aromatic heterocycles. The zero-order valence-electron chi connectivity index (χ0n) is 13.6. The number of aryl methyl sites for hydroxylation is 1. The maximum atomic E-state index is 4.45. The van der Waals surface area contributed by atoms with Crippen LogP contribution in [0.4, 0.5) is 17.6 Å². The Morgan fingerprint density at radius 1 is 1.00 bits per heavy atom. The molecule has 1 heterocycles. The fraction of sp³-hybridized carbons (Fsp3) is 0.471. The Labute approximate surface area is 132 Å². The van der Waals surface area contributed by atoms with Crippen molar-refractivity contribution in [1.82, 2.24) is 15.0 Å². The number of unbranched alkanes of at least 4 members (excludes halogenated alkanes) is 2. The van der Waals surface area contributed by atoms with E-state index in [1.165, 1.54) is 19.3 Å². The summed E-state index contributed by atoms with van der Waals surface area (Å²) in [6.07, 6.45) is 4.86. The molecule has 1 aromatic carbocycles. The summed E-state index contributed by atoms with van der Waals surface area (Å²) in [6, 6.07) is 10.3. The Morgan fingerprint density at radius 3 is 2.45 bits per heavy atom. The summed E-state index contributed by atoms with van der Waals surface area (Å²) in [5, 5.41) is 6.57. The van der Waals surface area contributed by atoms with Crippen molar-refractivity contribution in [2.24, 2.45) is 0 Å². The van der Waals surface area contributed by atoms with Crippen LogP contribution in [0.25, 0.3) is 0 Å². The maximum absolute atomic E-state index is 4.45. The van der Waals surface area contributed by atoms with E-state index in [4.69, 9.17) is 0 Å². The molecule has 118 valence electrons. The van der Waals surface area contributed by atoms with E-state index >= 15 is 0 Å². The first kappa shape index (κ1) is 16.2. The number of anilines is 3. The molecule has 0 amide bonds. The number of rotatable bonds is 8. The number of nitrogens with one attached hydrogen (secondary N) is 2. The van der Waals surface area contributed by atoms with Crippen LogP contribution < -0.4 is 10.6 Å². The van der Waals surface area contributed by atoms with Crippen LogP contribution in [-0.2, 0) is 0 Å². The summed E-state index contributed by atoms with van der Waals surface area (Å²) in [4.78, 5) is 13.2. The second kappa shape index (κ2) is 8.32. The lowest BCUT2D eigenvalue weighted by atomic mass is 10.1. The summed E-state index contributed by atoms with van der Waals surface area (Å²) in [5.41, 5.74) is 0.968. The molecule has 0 saturated heterocycles. The van der Waals surface area contributed by atoms with Crippen LogP contribution in [0.3, 0.4) is 0 Å². The molecule has 0 aliphatic rings. The van der Waals surface area contributed by atoms with Gasteiger partial charge in [0.2, 0.25) is 11.9 Å². The van der Waals surface area contributed by atoms with E-state index in [1.807, 2.05) is 37.3 Å². The van der Waals surface area contributed by atoms with Gasteiger partial charge in [0, 0.05) is 11.7 Å². The van der Waals surface area contributed by atoms with Gasteiger partial charge in [0.1, 0.15) is 5.82 Å². The Balaban J connectivity index is 2.00. The predicted molar refractivity (Wildman–Crippen MR) is 91.5 cm³/mol. The van der Waals surface area contributed by atoms with Gasteiger partial charge in [-0.05, 0) is 32.4 Å². The fourth-order valence-corrected chi connectivity index (χ4v) is 2.25. The Morgan fingerprint density at radius 2 is 1.73 bits per heavy atom. The van der Waals surface area contributed by atoms with Gasteiger partial charge in [-0.3, -0.25) is 0 Å². The third-order valence-electron chi connectivity index (χ3n) is 3.39. The first-order valence-electron chi connectivity index (χ1n) is 7.98. The van der Waals surface area contributed by atoms with Crippen LogP contribution in [0.1, 0.15) is 45.4 Å². The van der Waals surface area contributed by atoms with Gasteiger partial charge in [0.25, 0.3) is 0 Å². The van der Waals surface area contributed by atoms with Crippen molar-refractivity contribution < 1.29 is 0 Å². The summed E-state index contributed by atoms with van der Waals surface area (Å²) < 4.78 is 0. The molecule has 0 aliphatic carbocycles. The first-order valence-corrected chi connectivity index (χ1v) is 7.98. The van der Waals surface area contributed by atoms with Crippen LogP contribution in [0.5, 0.6) is 0 Å². The molecule has 0 bridgehead atoms. The minimum absolute atomic E-state index is 0.359. The molecule has 0 fully saturated rings. The van der Waals surface area contributed by atoms with E-state index < -0.39 is 0 Å². The van der Waals surface area contributed by atoms with Crippen molar-refractivity contribution in [1.29, 1.82) is 0 Å². The SMILES string of the molecule is CCCCC[C@@H](C)Nc1nc(C)nc(Nc2ccccc2)n1. The molecule has 22 heavy (non-hydrogen) atoms. The molecule has 5 nitrogen and oxygen atoms in total. The monoisotopic (exact) mass is 299 g/mol. The lowest BCUT2D eigenvalue weighted by molar-refractivity contribution is 0.611. The second-order valence-corrected chi connectivity index (χ2v) is 5.56. The number of nitrogens with zero attached hydrogens (tertiary/aromatic N) is 3. The number of hydrogen-bond donors (Lipinski definition) is 2. The summed E-state index contributed by atoms with van der Waals surface area (Å²) in [5.74, 6) is 1.91. The van der Waals surface area contributed by atoms with Crippen molar-refractivity contribution in [3.63, 3.8) is 0 Å². The topological polar surface area (TPSA) is 62.7 Å². The van der Waals surface area contributed by atoms with Gasteiger partial charge in [0.05, 0.1) is 0 Å². The molecular formula is C17H25N5. The highest BCUT2D eigenvalue weighted by molar-refractivity contribution is 5.53. The van der Waals surface area contributed by atoms with Crippen molar-refractivity contribution in [2.45, 2.75) is 52.5 Å². The van der Waals surface area contributed by atoms with Crippen LogP contribution >= 0.6 is 0 Å². The van der Waals surface area contributed by atoms with Crippen molar-refractivity contribution in [3.05, 3.63) is 36.2 Å². The van der Waals surface area contributed by atoms with Gasteiger partial charge in [-0.2, -0.15) is 15.0 Å². The van der Waals surface area contributed by atoms with Crippen LogP contribution in [-0.4, -0.2) is 21.0 Å². The van der Waals surface area contributed by atoms with Crippen molar-refractivity contribution in [2.75, 3.05) is 10.6 Å². The van der Waals surface area contributed by atoms with E-state index in [2.05, 4.69) is 39.4 Å². The van der Waals surface area contributed by atoms with E-state index in [0.29, 0.717) is 23.8 Å². The van der Waals surface area contributed by atoms with E-state index in [9.17, 15) is 0 Å². The van der Waals surface area contributed by atoms with Gasteiger partial charge in [-0.25, -0.2) is 0 Å². The van der Waals surface area contributed by atoms with Crippen LogP contribution in [0, 0.1) is 6.92 Å². The molecule has 0 saturated carbocycles. The second-order valence-electron chi connectivity index (χ2n) is 5.56. The van der Waals surface area contributed by atoms with Gasteiger partial charge >= 0.3 is 0 Å². The van der Waals surface area contributed by atoms with E-state index in [-0.39, 0.29) is 0 Å². The fourth-order valence-electron chi connectivity index (χ4n) is 2.25. The molecule has 2 N–H and O–H groups in total. The highest BCUT2D eigenvalue weighted by Gasteiger charge is 2.07. The van der Waals surface area contributed by atoms with Gasteiger partial charge in [0.15, 0.2) is 0 Å². The lowest BCUT2D eigenvalue weighted by Crippen LogP contribution is -2.18. The Kier molecular flexibility index (Phi) is 6.13. The normalized spacial score (nSPS) is 12.0. The highest BCUT2D eigenvalue weighted by Crippen LogP contribution is 2.14. The van der Waals surface area contributed by atoms with Gasteiger partial charge in [-0.15, -0.1) is 0 Å². The van der Waals surface area contributed by atoms with E-state index in [0.717, 1.165) is 12.1 Å². The summed E-state index contributed by atoms with van der Waals surface area (Å²) >= 11 is 0. The van der Waals surface area contributed by atoms with Crippen LogP contribution in [0.2, 0.25) is 0 Å². The zero-order chi connectivity index (χ0) is 15.8. The molecule has 2 aromatic rings. The number of para-hydroxylation sites is 1. The third kappa shape index (κ3) is 5.31. The molecule has 0 unspecified atom stereocenters. The molecule has 0 aliphatic heterocycles. The average Bonchev–Trinajstić information content (AvgIpc) is 2.48. The standard InChI is InChI=1S/C17H25N5/c1-4-5-7-10-13(2)18-16-19-14(3)20-17(22-16)21-15-11-8-6-9-12-15/h6,8-9,11-13H,4-5,7,10H2,1-3H3,(H2,18,19,20,21,22)/t13-/m1/s1. The van der Waals surface area contributed by atoms with Crippen molar-refractivity contribution >= 4 is 17.6 Å². The van der Waals surface area contributed by atoms with Gasteiger partial charge in [-0.1, -0.05) is 44.4 Å². The predicted octanol–water partition coefficient (Wildman–Crippen LogP) is 4.30. The molecule has 2 rings (SSSR count). The number of aromatic nitrogens is 3. The average molecular weight is 299 g/mol. The number of benzene rings is 1. The lowest BCUT2D eigenvalue weighted by Gasteiger charge is -2.14. The number of hydrogen-bond acceptors (Lipinski definition) is 5. The summed E-state index contributed by atoms with van der Waals surface area (Å²) in [7, 11) is 0. The maximum Gasteiger partial charge on any atom is 0.232 e. The molecular weight excluding hydrogens is 274 g/mol. The molecule has 5 heteroatoms. The molecule has 0 spiro atoms. The Hall–Kier alpha value is -2.17. The van der Waals surface area contributed by atoms with Crippen molar-refractivity contribution in [3.8, 4) is 0 Å². The molecule has 1 atom stereocenters. The summed E-state index contributed by atoms with van der Waals surface area (Å²) in [6.45, 7) is 6.26. The van der Waals surface area contributed by atoms with E-state index in [1.54, 1.807) is 0 Å². The van der Waals surface area contributed by atoms with Gasteiger partial charge < -0.3 is 10.6 Å². The quantitative estimate of drug-likeness (QED) is 0.711. The minimum atomic E-state index is 0.359. The molecule has 0 radical (unpaired) electrons. The first-order chi connectivity index (χ1) is 10.7. The largest absolute Gasteiger partial charge is 0.352 e. The minimum Gasteiger partial charge on any atom is -0.352 e. The zero-order valence-corrected chi connectivity index (χ0v) is 13.6.